The van der Waals surface area contributed by atoms with Crippen LogP contribution >= 0.6 is 0 Å². The number of nitrogens with zero attached hydrogens (tertiary/aromatic N) is 1. The summed E-state index contributed by atoms with van der Waals surface area (Å²) in [5.74, 6) is 2.20. The highest BCUT2D eigenvalue weighted by atomic mass is 16.5. The van der Waals surface area contributed by atoms with E-state index in [1.807, 2.05) is 18.2 Å². The summed E-state index contributed by atoms with van der Waals surface area (Å²) in [7, 11) is 1.67. The van der Waals surface area contributed by atoms with Crippen LogP contribution in [0.4, 0.5) is 0 Å². The SMILES string of the molecule is COc1ccc([C@]2(C#N)C[C@@H](C)C2)cc1OC1CCCC1. The maximum absolute atomic E-state index is 9.59. The van der Waals surface area contributed by atoms with Gasteiger partial charge in [0.05, 0.1) is 24.7 Å². The van der Waals surface area contributed by atoms with Gasteiger partial charge in [0.25, 0.3) is 0 Å². The molecule has 2 saturated carbocycles. The lowest BCUT2D eigenvalue weighted by molar-refractivity contribution is 0.196. The van der Waals surface area contributed by atoms with Crippen molar-refractivity contribution in [3.63, 3.8) is 0 Å². The van der Waals surface area contributed by atoms with E-state index in [-0.39, 0.29) is 5.41 Å². The molecule has 3 rings (SSSR count). The van der Waals surface area contributed by atoms with Gasteiger partial charge in [0.1, 0.15) is 0 Å². The van der Waals surface area contributed by atoms with E-state index in [9.17, 15) is 5.26 Å². The molecule has 0 aromatic heterocycles. The largest absolute Gasteiger partial charge is 0.493 e. The minimum Gasteiger partial charge on any atom is -0.493 e. The number of benzene rings is 1. The number of nitriles is 1. The third-order valence-electron chi connectivity index (χ3n) is 4.92. The van der Waals surface area contributed by atoms with Crippen LogP contribution in [0.15, 0.2) is 18.2 Å². The molecule has 2 fully saturated rings. The number of hydrogen-bond acceptors (Lipinski definition) is 3. The smallest absolute Gasteiger partial charge is 0.161 e. The predicted molar refractivity (Wildman–Crippen MR) is 81.6 cm³/mol. The summed E-state index contributed by atoms with van der Waals surface area (Å²) in [4.78, 5) is 0. The molecule has 1 aromatic rings. The van der Waals surface area contributed by atoms with E-state index in [2.05, 4.69) is 13.0 Å². The van der Waals surface area contributed by atoms with Gasteiger partial charge in [-0.1, -0.05) is 13.0 Å². The van der Waals surface area contributed by atoms with Gasteiger partial charge in [-0.2, -0.15) is 5.26 Å². The summed E-state index contributed by atoms with van der Waals surface area (Å²) in [6, 6.07) is 8.53. The third kappa shape index (κ3) is 2.60. The minimum absolute atomic E-state index is 0.299. The average Bonchev–Trinajstić information content (AvgIpc) is 2.96. The monoisotopic (exact) mass is 285 g/mol. The summed E-state index contributed by atoms with van der Waals surface area (Å²) in [5.41, 5.74) is 0.760. The first-order valence-corrected chi connectivity index (χ1v) is 7.93. The highest BCUT2D eigenvalue weighted by Crippen LogP contribution is 2.48. The molecule has 0 aliphatic heterocycles. The topological polar surface area (TPSA) is 42.2 Å². The van der Waals surface area contributed by atoms with E-state index in [0.29, 0.717) is 12.0 Å². The van der Waals surface area contributed by atoms with Crippen LogP contribution in [0.5, 0.6) is 11.5 Å². The Balaban J connectivity index is 1.87. The molecule has 21 heavy (non-hydrogen) atoms. The van der Waals surface area contributed by atoms with Crippen molar-refractivity contribution in [3.8, 4) is 17.6 Å². The normalized spacial score (nSPS) is 28.7. The molecule has 0 spiro atoms. The first-order chi connectivity index (χ1) is 10.2. The van der Waals surface area contributed by atoms with Crippen LogP contribution in [0, 0.1) is 17.2 Å². The molecular weight excluding hydrogens is 262 g/mol. The second kappa shape index (κ2) is 5.60. The fraction of sp³-hybridized carbons (Fsp3) is 0.611. The fourth-order valence-electron chi connectivity index (χ4n) is 3.77. The Bertz CT molecular complexity index is 549. The first kappa shape index (κ1) is 14.3. The second-order valence-electron chi connectivity index (χ2n) is 6.60. The van der Waals surface area contributed by atoms with Crippen molar-refractivity contribution in [1.29, 1.82) is 5.26 Å². The zero-order valence-corrected chi connectivity index (χ0v) is 12.9. The molecule has 0 N–H and O–H groups in total. The molecule has 3 nitrogen and oxygen atoms in total. The van der Waals surface area contributed by atoms with Gasteiger partial charge in [-0.05, 0) is 62.1 Å². The molecule has 3 heteroatoms. The quantitative estimate of drug-likeness (QED) is 0.832. The average molecular weight is 285 g/mol. The fourth-order valence-corrected chi connectivity index (χ4v) is 3.77. The summed E-state index contributed by atoms with van der Waals surface area (Å²) in [6.45, 7) is 2.20. The molecule has 1 aromatic carbocycles. The Hall–Kier alpha value is -1.69. The maximum Gasteiger partial charge on any atom is 0.161 e. The van der Waals surface area contributed by atoms with Gasteiger partial charge in [-0.3, -0.25) is 0 Å². The van der Waals surface area contributed by atoms with Gasteiger partial charge >= 0.3 is 0 Å². The standard InChI is InChI=1S/C18H23NO2/c1-13-10-18(11-13,12-19)14-7-8-16(20-2)17(9-14)21-15-5-3-4-6-15/h7-9,13,15H,3-6,10-11H2,1-2H3/t13-,18-. The van der Waals surface area contributed by atoms with Crippen LogP contribution in [-0.4, -0.2) is 13.2 Å². The number of rotatable bonds is 4. The van der Waals surface area contributed by atoms with Gasteiger partial charge in [0, 0.05) is 0 Å². The zero-order valence-electron chi connectivity index (χ0n) is 12.9. The van der Waals surface area contributed by atoms with Crippen molar-refractivity contribution in [2.75, 3.05) is 7.11 Å². The number of methoxy groups -OCH3 is 1. The summed E-state index contributed by atoms with van der Waals surface area (Å²) in [5, 5.41) is 9.59. The Morgan fingerprint density at radius 1 is 1.19 bits per heavy atom. The van der Waals surface area contributed by atoms with E-state index >= 15 is 0 Å². The van der Waals surface area contributed by atoms with Crippen molar-refractivity contribution in [2.24, 2.45) is 5.92 Å². The van der Waals surface area contributed by atoms with Gasteiger partial charge in [-0.15, -0.1) is 0 Å². The third-order valence-corrected chi connectivity index (χ3v) is 4.92. The van der Waals surface area contributed by atoms with Gasteiger partial charge in [0.2, 0.25) is 0 Å². The highest BCUT2D eigenvalue weighted by molar-refractivity contribution is 5.48. The van der Waals surface area contributed by atoms with Crippen LogP contribution < -0.4 is 9.47 Å². The molecule has 0 atom stereocenters. The Kier molecular flexibility index (Phi) is 3.80. The van der Waals surface area contributed by atoms with Crippen LogP contribution in [0.1, 0.15) is 51.0 Å². The lowest BCUT2D eigenvalue weighted by Crippen LogP contribution is -2.38. The van der Waals surface area contributed by atoms with Crippen LogP contribution in [0.3, 0.4) is 0 Å². The number of ether oxygens (including phenoxy) is 2. The van der Waals surface area contributed by atoms with Crippen molar-refractivity contribution in [1.82, 2.24) is 0 Å². The van der Waals surface area contributed by atoms with Gasteiger partial charge < -0.3 is 9.47 Å². The molecule has 0 heterocycles. The molecule has 2 aliphatic carbocycles. The Morgan fingerprint density at radius 3 is 2.48 bits per heavy atom. The molecule has 0 unspecified atom stereocenters. The molecule has 112 valence electrons. The first-order valence-electron chi connectivity index (χ1n) is 7.93. The van der Waals surface area contributed by atoms with Crippen molar-refractivity contribution >= 4 is 0 Å². The van der Waals surface area contributed by atoms with Gasteiger partial charge in [-0.25, -0.2) is 0 Å². The van der Waals surface area contributed by atoms with E-state index in [0.717, 1.165) is 42.7 Å². The van der Waals surface area contributed by atoms with Gasteiger partial charge in [0.15, 0.2) is 11.5 Å². The summed E-state index contributed by atoms with van der Waals surface area (Å²) >= 11 is 0. The van der Waals surface area contributed by atoms with Crippen LogP contribution in [-0.2, 0) is 5.41 Å². The summed E-state index contributed by atoms with van der Waals surface area (Å²) < 4.78 is 11.6. The van der Waals surface area contributed by atoms with E-state index in [1.165, 1.54) is 12.8 Å². The maximum atomic E-state index is 9.59. The molecule has 0 bridgehead atoms. The molecular formula is C18H23NO2. The lowest BCUT2D eigenvalue weighted by atomic mass is 9.60. The highest BCUT2D eigenvalue weighted by Gasteiger charge is 2.44. The van der Waals surface area contributed by atoms with E-state index in [1.54, 1.807) is 7.11 Å². The molecule has 2 aliphatic rings. The Morgan fingerprint density at radius 2 is 1.90 bits per heavy atom. The van der Waals surface area contributed by atoms with E-state index < -0.39 is 0 Å². The van der Waals surface area contributed by atoms with Crippen LogP contribution in [0.2, 0.25) is 0 Å². The molecule has 0 amide bonds. The van der Waals surface area contributed by atoms with Crippen molar-refractivity contribution in [3.05, 3.63) is 23.8 Å². The second-order valence-corrected chi connectivity index (χ2v) is 6.60. The van der Waals surface area contributed by atoms with Crippen molar-refractivity contribution in [2.45, 2.75) is 57.0 Å². The van der Waals surface area contributed by atoms with Crippen LogP contribution in [0.25, 0.3) is 0 Å². The Labute approximate surface area is 126 Å². The van der Waals surface area contributed by atoms with E-state index in [4.69, 9.17) is 9.47 Å². The predicted octanol–water partition coefficient (Wildman–Crippen LogP) is 4.21. The van der Waals surface area contributed by atoms with Crippen molar-refractivity contribution < 1.29 is 9.47 Å². The minimum atomic E-state index is -0.320. The summed E-state index contributed by atoms with van der Waals surface area (Å²) in [6.07, 6.45) is 6.91. The number of hydrogen-bond donors (Lipinski definition) is 0. The zero-order chi connectivity index (χ0) is 14.9. The lowest BCUT2D eigenvalue weighted by Gasteiger charge is -2.41. The molecule has 0 radical (unpaired) electrons. The molecule has 0 saturated heterocycles.